The zero-order chi connectivity index (χ0) is 17.1. The minimum atomic E-state index is -0.641. The molecule has 1 aliphatic rings. The van der Waals surface area contributed by atoms with Gasteiger partial charge in [-0.05, 0) is 30.5 Å². The molecule has 0 aliphatic carbocycles. The second-order valence-electron chi connectivity index (χ2n) is 5.74. The molecule has 0 spiro atoms. The highest BCUT2D eigenvalue weighted by Crippen LogP contribution is 2.31. The van der Waals surface area contributed by atoms with Crippen LogP contribution in [0, 0.1) is 5.92 Å². The summed E-state index contributed by atoms with van der Waals surface area (Å²) in [5.74, 6) is -0.255. The van der Waals surface area contributed by atoms with E-state index in [1.807, 2.05) is 13.8 Å². The number of carbonyl (C=O) groups excluding carboxylic acids is 2. The van der Waals surface area contributed by atoms with Crippen molar-refractivity contribution in [3.05, 3.63) is 45.1 Å². The van der Waals surface area contributed by atoms with Crippen LogP contribution in [0.3, 0.4) is 0 Å². The molecule has 1 atom stereocenters. The molecule has 0 fully saturated rings. The first-order valence-electron chi connectivity index (χ1n) is 7.20. The van der Waals surface area contributed by atoms with Gasteiger partial charge in [-0.25, -0.2) is 9.59 Å². The average Bonchev–Trinajstić information content (AvgIpc) is 2.46. The number of nitrogens with one attached hydrogen (secondary N) is 2. The Morgan fingerprint density at radius 1 is 1.30 bits per heavy atom. The summed E-state index contributed by atoms with van der Waals surface area (Å²) in [5.41, 5.74) is 1.47. The topological polar surface area (TPSA) is 67.4 Å². The summed E-state index contributed by atoms with van der Waals surface area (Å²) in [5, 5.41) is 6.07. The average molecular weight is 357 g/mol. The van der Waals surface area contributed by atoms with Gasteiger partial charge in [0, 0.05) is 5.70 Å². The van der Waals surface area contributed by atoms with E-state index in [-0.39, 0.29) is 11.9 Å². The summed E-state index contributed by atoms with van der Waals surface area (Å²) in [6.45, 7) is 5.87. The molecule has 0 saturated heterocycles. The first-order chi connectivity index (χ1) is 10.8. The zero-order valence-electron chi connectivity index (χ0n) is 13.1. The number of esters is 1. The first kappa shape index (κ1) is 17.6. The summed E-state index contributed by atoms with van der Waals surface area (Å²) < 4.78 is 5.31. The van der Waals surface area contributed by atoms with Crippen LogP contribution >= 0.6 is 23.2 Å². The summed E-state index contributed by atoms with van der Waals surface area (Å²) >= 11 is 12.0. The van der Waals surface area contributed by atoms with E-state index < -0.39 is 12.0 Å². The maximum Gasteiger partial charge on any atom is 0.338 e. The molecule has 124 valence electrons. The number of amides is 2. The molecule has 1 aromatic carbocycles. The van der Waals surface area contributed by atoms with Crippen LogP contribution < -0.4 is 10.6 Å². The summed E-state index contributed by atoms with van der Waals surface area (Å²) in [6.07, 6.45) is 0. The molecule has 0 bridgehead atoms. The van der Waals surface area contributed by atoms with Crippen LogP contribution in [0.2, 0.25) is 10.0 Å². The van der Waals surface area contributed by atoms with Crippen LogP contribution in [-0.4, -0.2) is 18.6 Å². The van der Waals surface area contributed by atoms with Crippen LogP contribution in [0.5, 0.6) is 0 Å². The van der Waals surface area contributed by atoms with Crippen molar-refractivity contribution in [2.45, 2.75) is 26.8 Å². The summed E-state index contributed by atoms with van der Waals surface area (Å²) in [6, 6.07) is 3.94. The number of halogens is 2. The van der Waals surface area contributed by atoms with Crippen molar-refractivity contribution in [1.82, 2.24) is 10.6 Å². The second-order valence-corrected chi connectivity index (χ2v) is 6.55. The van der Waals surface area contributed by atoms with Gasteiger partial charge in [-0.2, -0.15) is 0 Å². The minimum Gasteiger partial charge on any atom is -0.462 e. The Morgan fingerprint density at radius 3 is 2.61 bits per heavy atom. The predicted molar refractivity (Wildman–Crippen MR) is 89.4 cm³/mol. The number of hydrogen-bond donors (Lipinski definition) is 2. The lowest BCUT2D eigenvalue weighted by molar-refractivity contribution is -0.140. The molecule has 7 heteroatoms. The minimum absolute atomic E-state index is 0.217. The molecule has 0 radical (unpaired) electrons. The van der Waals surface area contributed by atoms with Gasteiger partial charge in [-0.15, -0.1) is 0 Å². The normalized spacial score (nSPS) is 17.8. The van der Waals surface area contributed by atoms with Crippen molar-refractivity contribution in [2.75, 3.05) is 6.61 Å². The molecule has 0 aromatic heterocycles. The fraction of sp³-hybridized carbons (Fsp3) is 0.375. The van der Waals surface area contributed by atoms with Crippen LogP contribution in [0.4, 0.5) is 4.79 Å². The van der Waals surface area contributed by atoms with Gasteiger partial charge in [0.2, 0.25) is 0 Å². The molecule has 1 heterocycles. The van der Waals surface area contributed by atoms with Gasteiger partial charge in [0.1, 0.15) is 0 Å². The molecule has 2 amide bonds. The Labute approximate surface area is 145 Å². The second kappa shape index (κ2) is 7.23. The van der Waals surface area contributed by atoms with Crippen molar-refractivity contribution in [1.29, 1.82) is 0 Å². The molecule has 0 unspecified atom stereocenters. The van der Waals surface area contributed by atoms with Crippen molar-refractivity contribution in [3.8, 4) is 0 Å². The first-order valence-corrected chi connectivity index (χ1v) is 7.95. The van der Waals surface area contributed by atoms with Gasteiger partial charge in [0.05, 0.1) is 28.3 Å². The van der Waals surface area contributed by atoms with E-state index >= 15 is 0 Å². The van der Waals surface area contributed by atoms with Crippen LogP contribution in [0.25, 0.3) is 0 Å². The summed E-state index contributed by atoms with van der Waals surface area (Å²) in [7, 11) is 0. The lowest BCUT2D eigenvalue weighted by Crippen LogP contribution is -2.45. The highest BCUT2D eigenvalue weighted by atomic mass is 35.5. The lowest BCUT2D eigenvalue weighted by Gasteiger charge is -2.28. The number of benzene rings is 1. The van der Waals surface area contributed by atoms with E-state index in [1.165, 1.54) is 0 Å². The SMILES string of the molecule is CC1=C(C(=O)OCC(C)C)[C@@H](c2ccc(Cl)c(Cl)c2)NC(=O)N1. The smallest absolute Gasteiger partial charge is 0.338 e. The molecule has 23 heavy (non-hydrogen) atoms. The number of rotatable bonds is 4. The van der Waals surface area contributed by atoms with E-state index in [0.717, 1.165) is 0 Å². The molecule has 0 saturated carbocycles. The third-order valence-electron chi connectivity index (χ3n) is 3.31. The van der Waals surface area contributed by atoms with Gasteiger partial charge in [-0.1, -0.05) is 43.1 Å². The van der Waals surface area contributed by atoms with Crippen molar-refractivity contribution < 1.29 is 14.3 Å². The molecule has 1 aromatic rings. The molecule has 2 rings (SSSR count). The predicted octanol–water partition coefficient (Wildman–Crippen LogP) is 3.82. The molecule has 2 N–H and O–H groups in total. The lowest BCUT2D eigenvalue weighted by atomic mass is 9.95. The van der Waals surface area contributed by atoms with Crippen LogP contribution in [0.15, 0.2) is 29.5 Å². The fourth-order valence-corrected chi connectivity index (χ4v) is 2.53. The highest BCUT2D eigenvalue weighted by Gasteiger charge is 2.32. The van der Waals surface area contributed by atoms with E-state index in [0.29, 0.717) is 33.5 Å². The number of allylic oxidation sites excluding steroid dienone is 1. The monoisotopic (exact) mass is 356 g/mol. The maximum absolute atomic E-state index is 12.4. The Kier molecular flexibility index (Phi) is 5.55. The summed E-state index contributed by atoms with van der Waals surface area (Å²) in [4.78, 5) is 24.2. The maximum atomic E-state index is 12.4. The highest BCUT2D eigenvalue weighted by molar-refractivity contribution is 6.42. The van der Waals surface area contributed by atoms with Crippen LogP contribution in [-0.2, 0) is 9.53 Å². The van der Waals surface area contributed by atoms with Gasteiger partial charge in [-0.3, -0.25) is 0 Å². The number of carbonyl (C=O) groups is 2. The third-order valence-corrected chi connectivity index (χ3v) is 4.05. The Balaban J connectivity index is 2.37. The third kappa shape index (κ3) is 4.18. The Bertz CT molecular complexity index is 671. The van der Waals surface area contributed by atoms with E-state index in [9.17, 15) is 9.59 Å². The standard InChI is InChI=1S/C16H18Cl2N2O3/c1-8(2)7-23-15(21)13-9(3)19-16(22)20-14(13)10-4-5-11(17)12(18)6-10/h4-6,8,14H,7H2,1-3H3,(H2,19,20,22)/t14-/m1/s1. The fourth-order valence-electron chi connectivity index (χ4n) is 2.23. The molecule has 5 nitrogen and oxygen atoms in total. The van der Waals surface area contributed by atoms with Crippen molar-refractivity contribution in [3.63, 3.8) is 0 Å². The quantitative estimate of drug-likeness (QED) is 0.805. The van der Waals surface area contributed by atoms with Crippen LogP contribution in [0.1, 0.15) is 32.4 Å². The molecule has 1 aliphatic heterocycles. The Hall–Kier alpha value is -1.72. The van der Waals surface area contributed by atoms with E-state index in [4.69, 9.17) is 27.9 Å². The van der Waals surface area contributed by atoms with E-state index in [1.54, 1.807) is 25.1 Å². The van der Waals surface area contributed by atoms with Gasteiger partial charge < -0.3 is 15.4 Å². The number of hydrogen-bond acceptors (Lipinski definition) is 3. The largest absolute Gasteiger partial charge is 0.462 e. The van der Waals surface area contributed by atoms with Crippen molar-refractivity contribution in [2.24, 2.45) is 5.92 Å². The zero-order valence-corrected chi connectivity index (χ0v) is 14.6. The van der Waals surface area contributed by atoms with E-state index in [2.05, 4.69) is 10.6 Å². The molecular weight excluding hydrogens is 339 g/mol. The van der Waals surface area contributed by atoms with Gasteiger partial charge in [0.25, 0.3) is 0 Å². The number of urea groups is 1. The Morgan fingerprint density at radius 2 is 2.00 bits per heavy atom. The number of ether oxygens (including phenoxy) is 1. The van der Waals surface area contributed by atoms with Crippen molar-refractivity contribution >= 4 is 35.2 Å². The van der Waals surface area contributed by atoms with Gasteiger partial charge >= 0.3 is 12.0 Å². The molecular formula is C16H18Cl2N2O3. The van der Waals surface area contributed by atoms with Gasteiger partial charge in [0.15, 0.2) is 0 Å².